The predicted octanol–water partition coefficient (Wildman–Crippen LogP) is 4.06. The van der Waals surface area contributed by atoms with E-state index in [1.54, 1.807) is 0 Å². The molecule has 0 heterocycles. The van der Waals surface area contributed by atoms with Crippen molar-refractivity contribution in [1.82, 2.24) is 0 Å². The Morgan fingerprint density at radius 3 is 2.20 bits per heavy atom. The van der Waals surface area contributed by atoms with Gasteiger partial charge in [-0.1, -0.05) is 46.3 Å². The molecular weight excluding hydrogens is 440 g/mol. The quantitative estimate of drug-likeness (QED) is 0.376. The van der Waals surface area contributed by atoms with Crippen LogP contribution in [0.5, 0.6) is 0 Å². The van der Waals surface area contributed by atoms with E-state index in [9.17, 15) is 25.5 Å². The standard InChI is InChI=1S/C30H50O5/c1-18-9-12-30(17-32)14-13-27(4)19(23(30)29(18,6)35)7-8-22-25(2)15-20(33)24(34)26(3,16-31)21(25)10-11-28(22,27)5/h7,18,20-24,31-35H,8-17H2,1-6H3/t18-,20-,21-,22-,23-,24-,25+,26-,27-,28-,29-,30-/m1/s1. The zero-order valence-electron chi connectivity index (χ0n) is 22.8. The monoisotopic (exact) mass is 490 g/mol. The first kappa shape index (κ1) is 26.2. The smallest absolute Gasteiger partial charge is 0.0877 e. The molecule has 0 unspecified atom stereocenters. The van der Waals surface area contributed by atoms with Gasteiger partial charge in [-0.15, -0.1) is 0 Å². The second-order valence-electron chi connectivity index (χ2n) is 14.8. The number of aliphatic hydroxyl groups is 5. The largest absolute Gasteiger partial charge is 0.396 e. The lowest BCUT2D eigenvalue weighted by Gasteiger charge is -2.72. The fourth-order valence-corrected chi connectivity index (χ4v) is 11.1. The average molecular weight is 491 g/mol. The van der Waals surface area contributed by atoms with Crippen molar-refractivity contribution in [3.05, 3.63) is 11.6 Å². The van der Waals surface area contributed by atoms with E-state index in [1.165, 1.54) is 5.57 Å². The zero-order chi connectivity index (χ0) is 25.8. The Morgan fingerprint density at radius 2 is 1.57 bits per heavy atom. The summed E-state index contributed by atoms with van der Waals surface area (Å²) in [6.45, 7) is 13.3. The van der Waals surface area contributed by atoms with Crippen LogP contribution in [0.4, 0.5) is 0 Å². The van der Waals surface area contributed by atoms with Gasteiger partial charge in [-0.3, -0.25) is 0 Å². The van der Waals surface area contributed by atoms with Gasteiger partial charge in [0.05, 0.1) is 24.4 Å². The summed E-state index contributed by atoms with van der Waals surface area (Å²) >= 11 is 0. The van der Waals surface area contributed by atoms with Gasteiger partial charge in [-0.05, 0) is 92.3 Å². The van der Waals surface area contributed by atoms with Crippen LogP contribution in [0.15, 0.2) is 11.6 Å². The van der Waals surface area contributed by atoms with Gasteiger partial charge in [-0.25, -0.2) is 0 Å². The van der Waals surface area contributed by atoms with Gasteiger partial charge in [0, 0.05) is 23.4 Å². The molecule has 5 heteroatoms. The van der Waals surface area contributed by atoms with Crippen LogP contribution in [-0.4, -0.2) is 56.6 Å². The Morgan fingerprint density at radius 1 is 0.886 bits per heavy atom. The van der Waals surface area contributed by atoms with Crippen LogP contribution in [0.1, 0.15) is 92.9 Å². The van der Waals surface area contributed by atoms with Crippen molar-refractivity contribution in [2.24, 2.45) is 50.7 Å². The average Bonchev–Trinajstić information content (AvgIpc) is 2.80. The van der Waals surface area contributed by atoms with Crippen LogP contribution < -0.4 is 0 Å². The van der Waals surface area contributed by atoms with Gasteiger partial charge >= 0.3 is 0 Å². The number of hydrogen-bond acceptors (Lipinski definition) is 5. The SMILES string of the molecule is C[C@@H]1CC[C@]2(CO)CC[C@]3(C)C(=CC[C@@H]4[C@@]5(C)C[C@@H](O)[C@@H](O)[C@](C)(CO)[C@@H]5CC[C@]43C)[C@@H]2[C@]1(C)O. The molecule has 4 fully saturated rings. The molecule has 35 heavy (non-hydrogen) atoms. The summed E-state index contributed by atoms with van der Waals surface area (Å²) in [5.74, 6) is 0.623. The highest BCUT2D eigenvalue weighted by Gasteiger charge is 2.71. The molecule has 12 atom stereocenters. The second kappa shape index (κ2) is 7.79. The van der Waals surface area contributed by atoms with Gasteiger partial charge in [0.1, 0.15) is 0 Å². The third-order valence-corrected chi connectivity index (χ3v) is 13.6. The molecule has 0 aliphatic heterocycles. The van der Waals surface area contributed by atoms with E-state index in [2.05, 4.69) is 33.8 Å². The van der Waals surface area contributed by atoms with E-state index >= 15 is 0 Å². The van der Waals surface area contributed by atoms with Crippen LogP contribution in [0, 0.1) is 50.7 Å². The topological polar surface area (TPSA) is 101 Å². The molecule has 5 nitrogen and oxygen atoms in total. The lowest BCUT2D eigenvalue weighted by Crippen LogP contribution is -2.69. The maximum atomic E-state index is 11.9. The van der Waals surface area contributed by atoms with Crippen molar-refractivity contribution in [3.63, 3.8) is 0 Å². The summed E-state index contributed by atoms with van der Waals surface area (Å²) in [5.41, 5.74) is -0.728. The van der Waals surface area contributed by atoms with Crippen molar-refractivity contribution < 1.29 is 25.5 Å². The summed E-state index contributed by atoms with van der Waals surface area (Å²) in [5, 5.41) is 55.0. The van der Waals surface area contributed by atoms with E-state index in [-0.39, 0.29) is 52.6 Å². The van der Waals surface area contributed by atoms with Crippen molar-refractivity contribution in [3.8, 4) is 0 Å². The van der Waals surface area contributed by atoms with Gasteiger partial charge in [0.25, 0.3) is 0 Å². The molecule has 5 rings (SSSR count). The molecule has 0 spiro atoms. The maximum absolute atomic E-state index is 11.9. The molecule has 4 saturated carbocycles. The third-order valence-electron chi connectivity index (χ3n) is 13.6. The zero-order valence-corrected chi connectivity index (χ0v) is 22.8. The van der Waals surface area contributed by atoms with Crippen LogP contribution >= 0.6 is 0 Å². The van der Waals surface area contributed by atoms with E-state index in [1.807, 2.05) is 13.8 Å². The number of allylic oxidation sites excluding steroid dienone is 1. The minimum Gasteiger partial charge on any atom is -0.396 e. The van der Waals surface area contributed by atoms with Gasteiger partial charge in [0.15, 0.2) is 0 Å². The molecule has 0 amide bonds. The normalized spacial score (nSPS) is 60.0. The Hall–Kier alpha value is -0.460. The summed E-state index contributed by atoms with van der Waals surface area (Å²) in [6, 6.07) is 0. The van der Waals surface area contributed by atoms with Gasteiger partial charge < -0.3 is 25.5 Å². The molecule has 0 bridgehead atoms. The fraction of sp³-hybridized carbons (Fsp3) is 0.933. The molecule has 0 aromatic rings. The van der Waals surface area contributed by atoms with Crippen molar-refractivity contribution >= 4 is 0 Å². The highest BCUT2D eigenvalue weighted by Crippen LogP contribution is 2.76. The van der Waals surface area contributed by atoms with Crippen LogP contribution in [0.2, 0.25) is 0 Å². The lowest BCUT2D eigenvalue weighted by molar-refractivity contribution is -0.247. The van der Waals surface area contributed by atoms with Crippen LogP contribution in [0.3, 0.4) is 0 Å². The maximum Gasteiger partial charge on any atom is 0.0877 e. The minimum atomic E-state index is -0.904. The van der Waals surface area contributed by atoms with E-state index in [0.717, 1.165) is 44.9 Å². The molecule has 0 aromatic carbocycles. The Labute approximate surface area is 212 Å². The molecule has 0 saturated heterocycles. The summed E-state index contributed by atoms with van der Waals surface area (Å²) in [6.07, 6.45) is 7.95. The third kappa shape index (κ3) is 3.00. The number of hydrogen-bond donors (Lipinski definition) is 5. The first-order valence-electron chi connectivity index (χ1n) is 14.2. The molecule has 5 N–H and O–H groups in total. The summed E-state index contributed by atoms with van der Waals surface area (Å²) in [4.78, 5) is 0. The lowest BCUT2D eigenvalue weighted by atomic mass is 9.33. The molecule has 0 aromatic heterocycles. The molecule has 200 valence electrons. The van der Waals surface area contributed by atoms with E-state index < -0.39 is 23.2 Å². The molecule has 0 radical (unpaired) electrons. The van der Waals surface area contributed by atoms with E-state index in [4.69, 9.17) is 0 Å². The van der Waals surface area contributed by atoms with Gasteiger partial charge in [0.2, 0.25) is 0 Å². The van der Waals surface area contributed by atoms with Crippen LogP contribution in [-0.2, 0) is 0 Å². The number of fused-ring (bicyclic) bond motifs is 7. The van der Waals surface area contributed by atoms with Crippen LogP contribution in [0.25, 0.3) is 0 Å². The highest BCUT2D eigenvalue weighted by atomic mass is 16.3. The summed E-state index contributed by atoms with van der Waals surface area (Å²) < 4.78 is 0. The summed E-state index contributed by atoms with van der Waals surface area (Å²) in [7, 11) is 0. The van der Waals surface area contributed by atoms with Crippen molar-refractivity contribution in [1.29, 1.82) is 0 Å². The first-order valence-corrected chi connectivity index (χ1v) is 14.2. The second-order valence-corrected chi connectivity index (χ2v) is 14.8. The predicted molar refractivity (Wildman–Crippen MR) is 136 cm³/mol. The van der Waals surface area contributed by atoms with Gasteiger partial charge in [-0.2, -0.15) is 0 Å². The molecule has 5 aliphatic rings. The number of rotatable bonds is 2. The fourth-order valence-electron chi connectivity index (χ4n) is 11.1. The van der Waals surface area contributed by atoms with Crippen molar-refractivity contribution in [2.45, 2.75) is 111 Å². The van der Waals surface area contributed by atoms with Crippen molar-refractivity contribution in [2.75, 3.05) is 13.2 Å². The Kier molecular flexibility index (Phi) is 5.82. The molecular formula is C30H50O5. The number of aliphatic hydroxyl groups excluding tert-OH is 4. The highest BCUT2D eigenvalue weighted by molar-refractivity contribution is 5.36. The molecule has 5 aliphatic carbocycles. The Balaban J connectivity index is 1.63. The van der Waals surface area contributed by atoms with E-state index in [0.29, 0.717) is 12.3 Å². The first-order chi connectivity index (χ1) is 16.2. The minimum absolute atomic E-state index is 0.0148. The Bertz CT molecular complexity index is 899.